The molecule has 3 nitrogen and oxygen atoms in total. The summed E-state index contributed by atoms with van der Waals surface area (Å²) in [6.07, 6.45) is 2.57. The van der Waals surface area contributed by atoms with Crippen LogP contribution in [0.4, 0.5) is 0 Å². The molecule has 0 aliphatic rings. The van der Waals surface area contributed by atoms with Crippen molar-refractivity contribution in [1.29, 1.82) is 0 Å². The van der Waals surface area contributed by atoms with Crippen molar-refractivity contribution < 1.29 is 8.95 Å². The number of hydrogen-bond donors (Lipinski definition) is 1. The molecule has 2 rings (SSSR count). The van der Waals surface area contributed by atoms with E-state index in [-0.39, 0.29) is 0 Å². The predicted octanol–water partition coefficient (Wildman–Crippen LogP) is 3.45. The lowest BCUT2D eigenvalue weighted by Gasteiger charge is -2.05. The molecule has 1 unspecified atom stereocenters. The maximum atomic E-state index is 11.9. The molecule has 1 atom stereocenters. The summed E-state index contributed by atoms with van der Waals surface area (Å²) >= 11 is 0. The molecule has 0 heterocycles. The number of ether oxygens (including phenoxy) is 1. The van der Waals surface area contributed by atoms with E-state index < -0.39 is 10.8 Å². The molecule has 0 saturated heterocycles. The number of rotatable bonds is 6. The second kappa shape index (κ2) is 7.62. The average Bonchev–Trinajstić information content (AvgIpc) is 2.49. The van der Waals surface area contributed by atoms with Gasteiger partial charge >= 0.3 is 0 Å². The molecule has 2 aromatic carbocycles. The topological polar surface area (TPSA) is 52.3 Å². The largest absolute Gasteiger partial charge is 0.457 e. The van der Waals surface area contributed by atoms with Gasteiger partial charge in [0.1, 0.15) is 11.5 Å². The van der Waals surface area contributed by atoms with Crippen LogP contribution in [0.15, 0.2) is 71.0 Å². The zero-order valence-corrected chi connectivity index (χ0v) is 11.9. The molecule has 0 saturated carbocycles. The van der Waals surface area contributed by atoms with Gasteiger partial charge in [-0.25, -0.2) is 4.21 Å². The van der Waals surface area contributed by atoms with Gasteiger partial charge < -0.3 is 10.5 Å². The van der Waals surface area contributed by atoms with Gasteiger partial charge in [-0.2, -0.15) is 0 Å². The fourth-order valence-electron chi connectivity index (χ4n) is 1.60. The van der Waals surface area contributed by atoms with E-state index in [1.54, 1.807) is 17.5 Å². The molecule has 0 fully saturated rings. The van der Waals surface area contributed by atoms with Gasteiger partial charge in [0, 0.05) is 10.3 Å². The molecule has 0 spiro atoms. The smallest absolute Gasteiger partial charge is 0.127 e. The zero-order valence-electron chi connectivity index (χ0n) is 11.1. The highest BCUT2D eigenvalue weighted by Crippen LogP contribution is 2.22. The summed E-state index contributed by atoms with van der Waals surface area (Å²) in [6, 6.07) is 16.8. The predicted molar refractivity (Wildman–Crippen MR) is 82.2 cm³/mol. The minimum atomic E-state index is -1.13. The summed E-state index contributed by atoms with van der Waals surface area (Å²) in [5, 5.41) is 1.67. The average molecular weight is 287 g/mol. The molecule has 104 valence electrons. The first-order chi connectivity index (χ1) is 9.79. The van der Waals surface area contributed by atoms with Crippen molar-refractivity contribution in [2.75, 3.05) is 6.54 Å². The molecule has 2 aromatic rings. The van der Waals surface area contributed by atoms with Crippen LogP contribution < -0.4 is 10.5 Å². The molecular formula is C16H17NO2S. The summed E-state index contributed by atoms with van der Waals surface area (Å²) in [4.78, 5) is 0.749. The van der Waals surface area contributed by atoms with Gasteiger partial charge in [0.25, 0.3) is 0 Å². The molecule has 0 radical (unpaired) electrons. The van der Waals surface area contributed by atoms with Crippen molar-refractivity contribution in [3.05, 3.63) is 66.1 Å². The maximum Gasteiger partial charge on any atom is 0.127 e. The summed E-state index contributed by atoms with van der Waals surface area (Å²) in [5.41, 5.74) is 5.38. The summed E-state index contributed by atoms with van der Waals surface area (Å²) in [6.45, 7) is 0.567. The van der Waals surface area contributed by atoms with Crippen LogP contribution >= 0.6 is 0 Å². The maximum absolute atomic E-state index is 11.9. The van der Waals surface area contributed by atoms with Crippen LogP contribution in [0.25, 0.3) is 0 Å². The van der Waals surface area contributed by atoms with Gasteiger partial charge in [-0.15, -0.1) is 0 Å². The number of para-hydroxylation sites is 1. The Balaban J connectivity index is 2.01. The second-order valence-corrected chi connectivity index (χ2v) is 5.47. The third-order valence-electron chi connectivity index (χ3n) is 2.59. The normalized spacial score (nSPS) is 12.4. The Morgan fingerprint density at radius 3 is 2.30 bits per heavy atom. The van der Waals surface area contributed by atoms with Crippen LogP contribution in [0.3, 0.4) is 0 Å². The molecule has 0 aliphatic heterocycles. The second-order valence-electron chi connectivity index (χ2n) is 4.13. The fourth-order valence-corrected chi connectivity index (χ4v) is 2.47. The molecule has 0 amide bonds. The van der Waals surface area contributed by atoms with Gasteiger partial charge in [-0.3, -0.25) is 0 Å². The highest BCUT2D eigenvalue weighted by atomic mass is 32.2. The van der Waals surface area contributed by atoms with Gasteiger partial charge in [-0.1, -0.05) is 24.3 Å². The van der Waals surface area contributed by atoms with E-state index in [2.05, 4.69) is 0 Å². The van der Waals surface area contributed by atoms with Crippen molar-refractivity contribution >= 4 is 10.8 Å². The van der Waals surface area contributed by atoms with Gasteiger partial charge in [0.15, 0.2) is 0 Å². The molecule has 2 N–H and O–H groups in total. The van der Waals surface area contributed by atoms with Crippen LogP contribution in [0.1, 0.15) is 6.42 Å². The number of benzene rings is 2. The minimum Gasteiger partial charge on any atom is -0.457 e. The monoisotopic (exact) mass is 287 g/mol. The zero-order chi connectivity index (χ0) is 14.2. The van der Waals surface area contributed by atoms with Crippen LogP contribution in [0.2, 0.25) is 0 Å². The quantitative estimate of drug-likeness (QED) is 0.885. The highest BCUT2D eigenvalue weighted by molar-refractivity contribution is 7.88. The third-order valence-corrected chi connectivity index (χ3v) is 3.76. The Morgan fingerprint density at radius 1 is 1.00 bits per heavy atom. The van der Waals surface area contributed by atoms with E-state index in [0.717, 1.165) is 22.8 Å². The minimum absolute atomic E-state index is 0.567. The highest BCUT2D eigenvalue weighted by Gasteiger charge is 2.01. The Kier molecular flexibility index (Phi) is 5.53. The van der Waals surface area contributed by atoms with E-state index in [1.807, 2.05) is 48.5 Å². The Hall–Kier alpha value is -1.91. The third kappa shape index (κ3) is 4.33. The summed E-state index contributed by atoms with van der Waals surface area (Å²) in [5.74, 6) is 1.51. The molecule has 0 aromatic heterocycles. The van der Waals surface area contributed by atoms with Crippen LogP contribution in [-0.2, 0) is 10.8 Å². The van der Waals surface area contributed by atoms with Crippen molar-refractivity contribution in [2.45, 2.75) is 11.3 Å². The SMILES string of the molecule is NCC/C=C/S(=O)c1ccc(Oc2ccccc2)cc1. The van der Waals surface area contributed by atoms with Gasteiger partial charge in [0.2, 0.25) is 0 Å². The van der Waals surface area contributed by atoms with E-state index in [1.165, 1.54) is 0 Å². The van der Waals surface area contributed by atoms with Crippen molar-refractivity contribution in [3.8, 4) is 11.5 Å². The van der Waals surface area contributed by atoms with Crippen molar-refractivity contribution in [3.63, 3.8) is 0 Å². The standard InChI is InChI=1S/C16H17NO2S/c17-12-4-5-13-20(18)16-10-8-15(9-11-16)19-14-6-2-1-3-7-14/h1-3,5-11,13H,4,12,17H2/b13-5+. The molecule has 20 heavy (non-hydrogen) atoms. The van der Waals surface area contributed by atoms with Crippen molar-refractivity contribution in [1.82, 2.24) is 0 Å². The Bertz CT molecular complexity index is 579. The van der Waals surface area contributed by atoms with Crippen molar-refractivity contribution in [2.24, 2.45) is 5.73 Å². The van der Waals surface area contributed by atoms with Gasteiger partial charge in [-0.05, 0) is 49.4 Å². The molecule has 0 bridgehead atoms. The molecule has 4 heteroatoms. The van der Waals surface area contributed by atoms with Gasteiger partial charge in [0.05, 0.1) is 10.8 Å². The summed E-state index contributed by atoms with van der Waals surface area (Å²) in [7, 11) is -1.13. The Morgan fingerprint density at radius 2 is 1.65 bits per heavy atom. The van der Waals surface area contributed by atoms with Crippen LogP contribution in [0.5, 0.6) is 11.5 Å². The van der Waals surface area contributed by atoms with Crippen LogP contribution in [0, 0.1) is 0 Å². The van der Waals surface area contributed by atoms with Crippen LogP contribution in [-0.4, -0.2) is 10.8 Å². The Labute approximate surface area is 121 Å². The lowest BCUT2D eigenvalue weighted by Crippen LogP contribution is -1.95. The van der Waals surface area contributed by atoms with E-state index in [0.29, 0.717) is 6.54 Å². The van der Waals surface area contributed by atoms with E-state index >= 15 is 0 Å². The lowest BCUT2D eigenvalue weighted by molar-refractivity contribution is 0.482. The summed E-state index contributed by atoms with van der Waals surface area (Å²) < 4.78 is 17.6. The fraction of sp³-hybridized carbons (Fsp3) is 0.125. The lowest BCUT2D eigenvalue weighted by atomic mass is 10.3. The molecule has 0 aliphatic carbocycles. The first kappa shape index (κ1) is 14.5. The first-order valence-corrected chi connectivity index (χ1v) is 7.61. The van der Waals surface area contributed by atoms with E-state index in [9.17, 15) is 4.21 Å². The number of nitrogens with two attached hydrogens (primary N) is 1. The molecular weight excluding hydrogens is 270 g/mol. The van der Waals surface area contributed by atoms with E-state index in [4.69, 9.17) is 10.5 Å². The number of hydrogen-bond acceptors (Lipinski definition) is 3. The first-order valence-electron chi connectivity index (χ1n) is 6.40.